The van der Waals surface area contributed by atoms with Crippen LogP contribution in [0.15, 0.2) is 24.3 Å². The van der Waals surface area contributed by atoms with Crippen LogP contribution in [0, 0.1) is 5.82 Å². The first kappa shape index (κ1) is 17.7. The number of ether oxygens (including phenoxy) is 1. The Morgan fingerprint density at radius 3 is 2.81 bits per heavy atom. The maximum Gasteiger partial charge on any atom is 0.239 e. The number of halogens is 1. The molecule has 2 atom stereocenters. The predicted molar refractivity (Wildman–Crippen MR) is 97.6 cm³/mol. The number of nitrogens with zero attached hydrogens (tertiary/aromatic N) is 2. The number of carbonyl (C=O) groups excluding carboxylic acids is 1. The number of benzene rings is 1. The average molecular weight is 361 g/mol. The van der Waals surface area contributed by atoms with Gasteiger partial charge in [0.05, 0.1) is 6.04 Å². The van der Waals surface area contributed by atoms with Crippen molar-refractivity contribution in [2.24, 2.45) is 0 Å². The van der Waals surface area contributed by atoms with E-state index in [0.717, 1.165) is 38.6 Å². The van der Waals surface area contributed by atoms with Gasteiger partial charge in [-0.25, -0.2) is 4.39 Å². The minimum Gasteiger partial charge on any atom is -0.489 e. The molecule has 1 aromatic rings. The highest BCUT2D eigenvalue weighted by Crippen LogP contribution is 2.26. The fourth-order valence-electron chi connectivity index (χ4n) is 4.21. The monoisotopic (exact) mass is 361 g/mol. The SMILES string of the molecule is O=C([C@H]1C[C@@H](Oc2cccc(F)c2)CN1)N1CCCN(C2CCC2)CC1. The molecule has 0 radical (unpaired) electrons. The minimum atomic E-state index is -0.304. The molecule has 1 saturated carbocycles. The third kappa shape index (κ3) is 4.01. The Morgan fingerprint density at radius 1 is 1.15 bits per heavy atom. The summed E-state index contributed by atoms with van der Waals surface area (Å²) in [5.41, 5.74) is 0. The smallest absolute Gasteiger partial charge is 0.239 e. The first-order valence-electron chi connectivity index (χ1n) is 9.87. The van der Waals surface area contributed by atoms with Crippen LogP contribution < -0.4 is 10.1 Å². The number of rotatable bonds is 4. The summed E-state index contributed by atoms with van der Waals surface area (Å²) in [5.74, 6) is 0.406. The molecule has 1 aromatic carbocycles. The van der Waals surface area contributed by atoms with Gasteiger partial charge >= 0.3 is 0 Å². The average Bonchev–Trinajstić information content (AvgIpc) is 2.90. The summed E-state index contributed by atoms with van der Waals surface area (Å²) in [6, 6.07) is 6.74. The highest BCUT2D eigenvalue weighted by molar-refractivity contribution is 5.82. The first-order valence-corrected chi connectivity index (χ1v) is 9.87. The second kappa shape index (κ2) is 7.92. The molecule has 0 unspecified atom stereocenters. The van der Waals surface area contributed by atoms with Crippen molar-refractivity contribution in [1.82, 2.24) is 15.1 Å². The Labute approximate surface area is 154 Å². The summed E-state index contributed by atoms with van der Waals surface area (Å²) in [6.45, 7) is 4.39. The van der Waals surface area contributed by atoms with Gasteiger partial charge in [-0.2, -0.15) is 0 Å². The fraction of sp³-hybridized carbons (Fsp3) is 0.650. The molecule has 2 aliphatic heterocycles. The fourth-order valence-corrected chi connectivity index (χ4v) is 4.21. The standard InChI is InChI=1S/C20H28FN3O2/c21-15-4-1-7-17(12-15)26-18-13-19(22-14-18)20(25)24-9-3-8-23(10-11-24)16-5-2-6-16/h1,4,7,12,16,18-19,22H,2-3,5-6,8-11,13-14H2/t18-,19-/m1/s1. The number of amides is 1. The molecule has 142 valence electrons. The highest BCUT2D eigenvalue weighted by atomic mass is 19.1. The van der Waals surface area contributed by atoms with E-state index in [1.807, 2.05) is 4.90 Å². The lowest BCUT2D eigenvalue weighted by molar-refractivity contribution is -0.133. The lowest BCUT2D eigenvalue weighted by atomic mass is 9.91. The zero-order valence-electron chi connectivity index (χ0n) is 15.2. The van der Waals surface area contributed by atoms with Crippen LogP contribution in [-0.2, 0) is 4.79 Å². The highest BCUT2D eigenvalue weighted by Gasteiger charge is 2.35. The van der Waals surface area contributed by atoms with Gasteiger partial charge in [0.1, 0.15) is 17.7 Å². The second-order valence-electron chi connectivity index (χ2n) is 7.69. The Morgan fingerprint density at radius 2 is 2.04 bits per heavy atom. The van der Waals surface area contributed by atoms with E-state index in [2.05, 4.69) is 10.2 Å². The zero-order chi connectivity index (χ0) is 17.9. The van der Waals surface area contributed by atoms with Crippen LogP contribution >= 0.6 is 0 Å². The van der Waals surface area contributed by atoms with E-state index >= 15 is 0 Å². The summed E-state index contributed by atoms with van der Waals surface area (Å²) >= 11 is 0. The van der Waals surface area contributed by atoms with E-state index in [9.17, 15) is 9.18 Å². The lowest BCUT2D eigenvalue weighted by Gasteiger charge is -2.36. The number of hydrogen-bond acceptors (Lipinski definition) is 4. The Balaban J connectivity index is 1.28. The number of hydrogen-bond donors (Lipinski definition) is 1. The molecule has 3 fully saturated rings. The van der Waals surface area contributed by atoms with E-state index in [4.69, 9.17) is 4.74 Å². The molecule has 0 bridgehead atoms. The molecule has 0 spiro atoms. The molecule has 1 aliphatic carbocycles. The first-order chi connectivity index (χ1) is 12.7. The van der Waals surface area contributed by atoms with Gasteiger partial charge in [0.15, 0.2) is 0 Å². The van der Waals surface area contributed by atoms with Crippen molar-refractivity contribution >= 4 is 5.91 Å². The van der Waals surface area contributed by atoms with Gasteiger partial charge in [-0.15, -0.1) is 0 Å². The van der Waals surface area contributed by atoms with Gasteiger partial charge < -0.3 is 15.0 Å². The molecule has 0 aromatic heterocycles. The van der Waals surface area contributed by atoms with Crippen molar-refractivity contribution in [3.05, 3.63) is 30.1 Å². The van der Waals surface area contributed by atoms with Gasteiger partial charge in [-0.3, -0.25) is 9.69 Å². The summed E-state index contributed by atoms with van der Waals surface area (Å²) in [6.07, 6.45) is 5.58. The van der Waals surface area contributed by atoms with Crippen LogP contribution in [0.1, 0.15) is 32.1 Å². The Hall–Kier alpha value is -1.66. The largest absolute Gasteiger partial charge is 0.489 e. The van der Waals surface area contributed by atoms with Gasteiger partial charge in [0.25, 0.3) is 0 Å². The summed E-state index contributed by atoms with van der Waals surface area (Å²) in [4.78, 5) is 17.5. The predicted octanol–water partition coefficient (Wildman–Crippen LogP) is 2.02. The van der Waals surface area contributed by atoms with Crippen LogP contribution in [0.2, 0.25) is 0 Å². The van der Waals surface area contributed by atoms with E-state index in [1.54, 1.807) is 12.1 Å². The van der Waals surface area contributed by atoms with E-state index in [-0.39, 0.29) is 23.9 Å². The maximum absolute atomic E-state index is 13.3. The topological polar surface area (TPSA) is 44.8 Å². The van der Waals surface area contributed by atoms with Crippen LogP contribution in [0.25, 0.3) is 0 Å². The second-order valence-corrected chi connectivity index (χ2v) is 7.69. The van der Waals surface area contributed by atoms with Crippen LogP contribution in [0.3, 0.4) is 0 Å². The molecular weight excluding hydrogens is 333 g/mol. The van der Waals surface area contributed by atoms with Crippen molar-refractivity contribution in [2.75, 3.05) is 32.7 Å². The molecule has 3 aliphatic rings. The maximum atomic E-state index is 13.3. The van der Waals surface area contributed by atoms with Gasteiger partial charge in [0, 0.05) is 51.3 Å². The molecule has 6 heteroatoms. The minimum absolute atomic E-state index is 0.0933. The van der Waals surface area contributed by atoms with Crippen molar-refractivity contribution in [2.45, 2.75) is 50.3 Å². The zero-order valence-corrected chi connectivity index (χ0v) is 15.2. The van der Waals surface area contributed by atoms with Gasteiger partial charge in [-0.05, 0) is 31.4 Å². The number of nitrogens with one attached hydrogen (secondary N) is 1. The lowest BCUT2D eigenvalue weighted by Crippen LogP contribution is -2.46. The van der Waals surface area contributed by atoms with Crippen LogP contribution in [0.5, 0.6) is 5.75 Å². The normalized spacial score (nSPS) is 27.8. The summed E-state index contributed by atoms with van der Waals surface area (Å²) < 4.78 is 19.1. The van der Waals surface area contributed by atoms with E-state index < -0.39 is 0 Å². The van der Waals surface area contributed by atoms with Crippen molar-refractivity contribution in [3.8, 4) is 5.75 Å². The van der Waals surface area contributed by atoms with E-state index in [1.165, 1.54) is 31.4 Å². The molecule has 5 nitrogen and oxygen atoms in total. The molecule has 26 heavy (non-hydrogen) atoms. The van der Waals surface area contributed by atoms with Crippen LogP contribution in [-0.4, -0.2) is 66.6 Å². The molecule has 1 N–H and O–H groups in total. The molecule has 4 rings (SSSR count). The van der Waals surface area contributed by atoms with Gasteiger partial charge in [-0.1, -0.05) is 12.5 Å². The summed E-state index contributed by atoms with van der Waals surface area (Å²) in [7, 11) is 0. The Bertz CT molecular complexity index is 637. The quantitative estimate of drug-likeness (QED) is 0.891. The molecule has 2 saturated heterocycles. The third-order valence-electron chi connectivity index (χ3n) is 5.92. The summed E-state index contributed by atoms with van der Waals surface area (Å²) in [5, 5.41) is 3.29. The van der Waals surface area contributed by atoms with Crippen molar-refractivity contribution in [1.29, 1.82) is 0 Å². The van der Waals surface area contributed by atoms with Crippen molar-refractivity contribution in [3.63, 3.8) is 0 Å². The molecule has 2 heterocycles. The van der Waals surface area contributed by atoms with Crippen LogP contribution in [0.4, 0.5) is 4.39 Å². The van der Waals surface area contributed by atoms with E-state index in [0.29, 0.717) is 18.7 Å². The Kier molecular flexibility index (Phi) is 5.41. The molecular formula is C20H28FN3O2. The third-order valence-corrected chi connectivity index (χ3v) is 5.92. The number of carbonyl (C=O) groups is 1. The molecule has 1 amide bonds. The van der Waals surface area contributed by atoms with Gasteiger partial charge in [0.2, 0.25) is 5.91 Å². The van der Waals surface area contributed by atoms with Crippen molar-refractivity contribution < 1.29 is 13.9 Å².